The number of para-hydroxylation sites is 1. The third-order valence-electron chi connectivity index (χ3n) is 4.63. The molecule has 0 aliphatic carbocycles. The van der Waals surface area contributed by atoms with Gasteiger partial charge in [0, 0.05) is 18.3 Å². The Balaban J connectivity index is 2.03. The Labute approximate surface area is 149 Å². The molecule has 1 unspecified atom stereocenters. The molecule has 1 aliphatic heterocycles. The molecule has 0 radical (unpaired) electrons. The van der Waals surface area contributed by atoms with E-state index in [4.69, 9.17) is 0 Å². The number of aryl methyl sites for hydroxylation is 2. The lowest BCUT2D eigenvalue weighted by molar-refractivity contribution is -0.135. The minimum absolute atomic E-state index is 0.00796. The Morgan fingerprint density at radius 1 is 1.28 bits per heavy atom. The zero-order valence-corrected chi connectivity index (χ0v) is 15.9. The summed E-state index contributed by atoms with van der Waals surface area (Å²) in [7, 11) is -3.07. The third kappa shape index (κ3) is 4.81. The van der Waals surface area contributed by atoms with Gasteiger partial charge in [-0.05, 0) is 37.8 Å². The fraction of sp³-hybridized carbons (Fsp3) is 0.556. The molecule has 6 nitrogen and oxygen atoms in total. The van der Waals surface area contributed by atoms with Crippen LogP contribution in [0.25, 0.3) is 0 Å². The van der Waals surface area contributed by atoms with Gasteiger partial charge >= 0.3 is 0 Å². The van der Waals surface area contributed by atoms with Crippen molar-refractivity contribution >= 4 is 27.3 Å². The topological polar surface area (TPSA) is 83.6 Å². The van der Waals surface area contributed by atoms with Gasteiger partial charge in [-0.2, -0.15) is 0 Å². The molecule has 0 bridgehead atoms. The van der Waals surface area contributed by atoms with Gasteiger partial charge in [0.25, 0.3) is 0 Å². The minimum Gasteiger partial charge on any atom is -0.338 e. The molecule has 2 rings (SSSR count). The van der Waals surface area contributed by atoms with Crippen molar-refractivity contribution in [1.82, 2.24) is 4.90 Å². The number of nitrogens with zero attached hydrogens (tertiary/aromatic N) is 1. The van der Waals surface area contributed by atoms with Gasteiger partial charge in [-0.1, -0.05) is 25.1 Å². The predicted octanol–water partition coefficient (Wildman–Crippen LogP) is 1.92. The van der Waals surface area contributed by atoms with E-state index in [-0.39, 0.29) is 35.8 Å². The lowest BCUT2D eigenvalue weighted by Crippen LogP contribution is -2.42. The van der Waals surface area contributed by atoms with Crippen molar-refractivity contribution < 1.29 is 18.0 Å². The zero-order valence-electron chi connectivity index (χ0n) is 15.0. The van der Waals surface area contributed by atoms with E-state index in [1.807, 2.05) is 32.0 Å². The Morgan fingerprint density at radius 2 is 2.00 bits per heavy atom. The van der Waals surface area contributed by atoms with Crippen LogP contribution in [0.15, 0.2) is 18.2 Å². The number of anilines is 1. The van der Waals surface area contributed by atoms with E-state index < -0.39 is 9.84 Å². The molecule has 1 fully saturated rings. The van der Waals surface area contributed by atoms with Crippen LogP contribution >= 0.6 is 0 Å². The minimum atomic E-state index is -3.07. The van der Waals surface area contributed by atoms with E-state index in [0.29, 0.717) is 13.0 Å². The third-order valence-corrected chi connectivity index (χ3v) is 6.38. The van der Waals surface area contributed by atoms with Crippen LogP contribution in [-0.4, -0.2) is 49.2 Å². The normalized spacial score (nSPS) is 18.8. The first-order chi connectivity index (χ1) is 11.8. The van der Waals surface area contributed by atoms with Gasteiger partial charge in [-0.25, -0.2) is 8.42 Å². The SMILES string of the molecule is CCc1cccc(C)c1NC(=O)CC(=O)N(CC)C1CCS(=O)(=O)C1. The van der Waals surface area contributed by atoms with Gasteiger partial charge in [-0.15, -0.1) is 0 Å². The number of benzene rings is 1. The number of nitrogens with one attached hydrogen (secondary N) is 1. The van der Waals surface area contributed by atoms with Gasteiger partial charge in [0.2, 0.25) is 11.8 Å². The second-order valence-electron chi connectivity index (χ2n) is 6.42. The second kappa shape index (κ2) is 7.99. The summed E-state index contributed by atoms with van der Waals surface area (Å²) in [6.45, 7) is 6.13. The molecule has 25 heavy (non-hydrogen) atoms. The first-order valence-corrected chi connectivity index (χ1v) is 10.5. The molecular weight excluding hydrogens is 340 g/mol. The molecule has 1 heterocycles. The molecule has 1 atom stereocenters. The maximum absolute atomic E-state index is 12.5. The summed E-state index contributed by atoms with van der Waals surface area (Å²) in [4.78, 5) is 26.3. The van der Waals surface area contributed by atoms with Crippen LogP contribution in [0.1, 0.15) is 37.8 Å². The number of carbonyl (C=O) groups excluding carboxylic acids is 2. The van der Waals surface area contributed by atoms with Gasteiger partial charge in [0.1, 0.15) is 6.42 Å². The molecule has 2 amide bonds. The Morgan fingerprint density at radius 3 is 2.56 bits per heavy atom. The molecule has 1 saturated heterocycles. The van der Waals surface area contributed by atoms with Gasteiger partial charge in [-0.3, -0.25) is 9.59 Å². The van der Waals surface area contributed by atoms with E-state index >= 15 is 0 Å². The van der Waals surface area contributed by atoms with Crippen molar-refractivity contribution in [3.8, 4) is 0 Å². The first kappa shape index (κ1) is 19.4. The summed E-state index contributed by atoms with van der Waals surface area (Å²) in [6, 6.07) is 5.48. The van der Waals surface area contributed by atoms with E-state index in [0.717, 1.165) is 23.2 Å². The van der Waals surface area contributed by atoms with Gasteiger partial charge in [0.15, 0.2) is 9.84 Å². The van der Waals surface area contributed by atoms with Crippen LogP contribution in [-0.2, 0) is 25.8 Å². The van der Waals surface area contributed by atoms with E-state index in [1.54, 1.807) is 6.92 Å². The molecular formula is C18H26N2O4S. The summed E-state index contributed by atoms with van der Waals surface area (Å²) in [5.41, 5.74) is 2.73. The monoisotopic (exact) mass is 366 g/mol. The van der Waals surface area contributed by atoms with E-state index in [1.165, 1.54) is 4.90 Å². The number of carbonyl (C=O) groups is 2. The van der Waals surface area contributed by atoms with E-state index in [2.05, 4.69) is 5.32 Å². The van der Waals surface area contributed by atoms with Gasteiger partial charge < -0.3 is 10.2 Å². The lowest BCUT2D eigenvalue weighted by atomic mass is 10.1. The average Bonchev–Trinajstić information content (AvgIpc) is 2.89. The first-order valence-electron chi connectivity index (χ1n) is 8.65. The van der Waals surface area contributed by atoms with Gasteiger partial charge in [0.05, 0.1) is 11.5 Å². The highest BCUT2D eigenvalue weighted by Crippen LogP contribution is 2.22. The number of hydrogen-bond donors (Lipinski definition) is 1. The molecule has 0 aromatic heterocycles. The maximum Gasteiger partial charge on any atom is 0.233 e. The number of rotatable bonds is 6. The fourth-order valence-electron chi connectivity index (χ4n) is 3.28. The molecule has 7 heteroatoms. The van der Waals surface area contributed by atoms with Crippen molar-refractivity contribution in [2.45, 2.75) is 46.1 Å². The Hall–Kier alpha value is -1.89. The number of sulfone groups is 1. The van der Waals surface area contributed by atoms with Crippen LogP contribution in [0.2, 0.25) is 0 Å². The fourth-order valence-corrected chi connectivity index (χ4v) is 5.01. The molecule has 1 aliphatic rings. The number of hydrogen-bond acceptors (Lipinski definition) is 4. The highest BCUT2D eigenvalue weighted by Gasteiger charge is 2.34. The molecule has 0 saturated carbocycles. The highest BCUT2D eigenvalue weighted by molar-refractivity contribution is 7.91. The molecule has 138 valence electrons. The summed E-state index contributed by atoms with van der Waals surface area (Å²) in [5, 5.41) is 2.84. The lowest BCUT2D eigenvalue weighted by Gasteiger charge is -2.26. The van der Waals surface area contributed by atoms with E-state index in [9.17, 15) is 18.0 Å². The Bertz CT molecular complexity index is 758. The van der Waals surface area contributed by atoms with Crippen LogP contribution in [0.4, 0.5) is 5.69 Å². The van der Waals surface area contributed by atoms with Crippen molar-refractivity contribution in [2.75, 3.05) is 23.4 Å². The second-order valence-corrected chi connectivity index (χ2v) is 8.65. The van der Waals surface area contributed by atoms with Crippen molar-refractivity contribution in [3.63, 3.8) is 0 Å². The Kier molecular flexibility index (Phi) is 6.21. The van der Waals surface area contributed by atoms with Crippen molar-refractivity contribution in [1.29, 1.82) is 0 Å². The van der Waals surface area contributed by atoms with Crippen LogP contribution in [0, 0.1) is 6.92 Å². The average molecular weight is 366 g/mol. The quantitative estimate of drug-likeness (QED) is 0.780. The van der Waals surface area contributed by atoms with Crippen LogP contribution < -0.4 is 5.32 Å². The summed E-state index contributed by atoms with van der Waals surface area (Å²) in [6.07, 6.45) is 0.954. The maximum atomic E-state index is 12.5. The standard InChI is InChI=1S/C18H26N2O4S/c1-4-14-8-6-7-13(3)18(14)19-16(21)11-17(22)20(5-2)15-9-10-25(23,24)12-15/h6-8,15H,4-5,9-12H2,1-3H3,(H,19,21). The van der Waals surface area contributed by atoms with Crippen molar-refractivity contribution in [3.05, 3.63) is 29.3 Å². The summed E-state index contributed by atoms with van der Waals surface area (Å²) >= 11 is 0. The van der Waals surface area contributed by atoms with Crippen LogP contribution in [0.5, 0.6) is 0 Å². The summed E-state index contributed by atoms with van der Waals surface area (Å²) in [5.74, 6) is -0.593. The highest BCUT2D eigenvalue weighted by atomic mass is 32.2. The molecule has 1 aromatic carbocycles. The largest absolute Gasteiger partial charge is 0.338 e. The smallest absolute Gasteiger partial charge is 0.233 e. The van der Waals surface area contributed by atoms with Crippen LogP contribution in [0.3, 0.4) is 0 Å². The molecule has 1 N–H and O–H groups in total. The number of amides is 2. The molecule has 0 spiro atoms. The summed E-state index contributed by atoms with van der Waals surface area (Å²) < 4.78 is 23.3. The molecule has 1 aromatic rings. The predicted molar refractivity (Wildman–Crippen MR) is 98.2 cm³/mol. The zero-order chi connectivity index (χ0) is 18.6. The van der Waals surface area contributed by atoms with Crippen molar-refractivity contribution in [2.24, 2.45) is 0 Å².